The van der Waals surface area contributed by atoms with Gasteiger partial charge in [-0.2, -0.15) is 0 Å². The van der Waals surface area contributed by atoms with Gasteiger partial charge >= 0.3 is 0 Å². The lowest BCUT2D eigenvalue weighted by Gasteiger charge is -2.06. The van der Waals surface area contributed by atoms with Crippen LogP contribution in [0.4, 0.5) is 0 Å². The van der Waals surface area contributed by atoms with Crippen molar-refractivity contribution in [2.45, 2.75) is 6.92 Å². The van der Waals surface area contributed by atoms with E-state index in [0.717, 1.165) is 11.3 Å². The second kappa shape index (κ2) is 4.75. The summed E-state index contributed by atoms with van der Waals surface area (Å²) in [5, 5.41) is 0. The Bertz CT molecular complexity index is 558. The number of aryl methyl sites for hydroxylation is 1. The second-order valence-corrected chi connectivity index (χ2v) is 4.34. The third kappa shape index (κ3) is 2.26. The summed E-state index contributed by atoms with van der Waals surface area (Å²) in [5.41, 5.74) is 2.05. The predicted molar refractivity (Wildman–Crippen MR) is 67.6 cm³/mol. The highest BCUT2D eigenvalue weighted by molar-refractivity contribution is 9.10. The standard InChI is InChI=1S/C13H11BrO3/c1-8-7-9(16-2)3-4-10(8)12(15)11-5-6-17-13(11)14/h3-7H,1-2H3. The maximum Gasteiger partial charge on any atom is 0.197 e. The molecule has 0 spiro atoms. The molecular formula is C13H11BrO3. The highest BCUT2D eigenvalue weighted by Crippen LogP contribution is 2.24. The van der Waals surface area contributed by atoms with Gasteiger partial charge in [-0.25, -0.2) is 0 Å². The van der Waals surface area contributed by atoms with Crippen LogP contribution in [0.25, 0.3) is 0 Å². The van der Waals surface area contributed by atoms with Crippen LogP contribution in [-0.4, -0.2) is 12.9 Å². The van der Waals surface area contributed by atoms with Crippen molar-refractivity contribution in [3.05, 3.63) is 51.9 Å². The van der Waals surface area contributed by atoms with Crippen molar-refractivity contribution in [2.24, 2.45) is 0 Å². The van der Waals surface area contributed by atoms with Gasteiger partial charge in [0.25, 0.3) is 0 Å². The van der Waals surface area contributed by atoms with Crippen LogP contribution in [0.2, 0.25) is 0 Å². The number of benzene rings is 1. The van der Waals surface area contributed by atoms with Crippen molar-refractivity contribution < 1.29 is 13.9 Å². The Morgan fingerprint density at radius 1 is 1.29 bits per heavy atom. The van der Waals surface area contributed by atoms with E-state index in [0.29, 0.717) is 15.8 Å². The van der Waals surface area contributed by atoms with Gasteiger partial charge in [-0.3, -0.25) is 4.79 Å². The molecule has 0 amide bonds. The van der Waals surface area contributed by atoms with E-state index >= 15 is 0 Å². The van der Waals surface area contributed by atoms with Crippen molar-refractivity contribution in [1.82, 2.24) is 0 Å². The van der Waals surface area contributed by atoms with E-state index < -0.39 is 0 Å². The summed E-state index contributed by atoms with van der Waals surface area (Å²) in [6.07, 6.45) is 1.48. The topological polar surface area (TPSA) is 39.4 Å². The van der Waals surface area contributed by atoms with Crippen LogP contribution >= 0.6 is 15.9 Å². The number of ether oxygens (including phenoxy) is 1. The SMILES string of the molecule is COc1ccc(C(=O)c2ccoc2Br)c(C)c1. The van der Waals surface area contributed by atoms with Gasteiger partial charge in [0.15, 0.2) is 10.5 Å². The number of furan rings is 1. The van der Waals surface area contributed by atoms with Gasteiger partial charge in [0.1, 0.15) is 5.75 Å². The normalized spacial score (nSPS) is 10.3. The van der Waals surface area contributed by atoms with Crippen LogP contribution < -0.4 is 4.74 Å². The third-order valence-electron chi connectivity index (χ3n) is 2.54. The Labute approximate surface area is 108 Å². The number of hydrogen-bond acceptors (Lipinski definition) is 3. The van der Waals surface area contributed by atoms with Gasteiger partial charge in [-0.1, -0.05) is 0 Å². The number of rotatable bonds is 3. The zero-order valence-corrected chi connectivity index (χ0v) is 11.1. The minimum absolute atomic E-state index is 0.0641. The lowest BCUT2D eigenvalue weighted by atomic mass is 10.0. The fourth-order valence-electron chi connectivity index (χ4n) is 1.62. The maximum atomic E-state index is 12.2. The Morgan fingerprint density at radius 3 is 2.59 bits per heavy atom. The highest BCUT2D eigenvalue weighted by atomic mass is 79.9. The molecule has 3 nitrogen and oxygen atoms in total. The monoisotopic (exact) mass is 294 g/mol. The van der Waals surface area contributed by atoms with E-state index in [-0.39, 0.29) is 5.78 Å². The molecule has 0 saturated carbocycles. The molecule has 17 heavy (non-hydrogen) atoms. The summed E-state index contributed by atoms with van der Waals surface area (Å²) in [6.45, 7) is 1.88. The molecule has 0 atom stereocenters. The second-order valence-electron chi connectivity index (χ2n) is 3.62. The molecule has 1 aromatic heterocycles. The van der Waals surface area contributed by atoms with E-state index in [9.17, 15) is 4.79 Å². The Balaban J connectivity index is 2.41. The molecule has 0 saturated heterocycles. The number of ketones is 1. The Hall–Kier alpha value is -1.55. The molecule has 0 aliphatic rings. The predicted octanol–water partition coefficient (Wildman–Crippen LogP) is 3.59. The van der Waals surface area contributed by atoms with Crippen molar-refractivity contribution in [2.75, 3.05) is 7.11 Å². The van der Waals surface area contributed by atoms with Gasteiger partial charge in [0.05, 0.1) is 18.9 Å². The van der Waals surface area contributed by atoms with E-state index in [1.807, 2.05) is 13.0 Å². The smallest absolute Gasteiger partial charge is 0.197 e. The molecule has 0 aliphatic carbocycles. The minimum Gasteiger partial charge on any atom is -0.497 e. The van der Waals surface area contributed by atoms with E-state index in [2.05, 4.69) is 15.9 Å². The van der Waals surface area contributed by atoms with Gasteiger partial charge in [0.2, 0.25) is 0 Å². The lowest BCUT2D eigenvalue weighted by molar-refractivity contribution is 0.103. The van der Waals surface area contributed by atoms with Gasteiger partial charge in [-0.15, -0.1) is 0 Å². The Morgan fingerprint density at radius 2 is 2.06 bits per heavy atom. The number of methoxy groups -OCH3 is 1. The summed E-state index contributed by atoms with van der Waals surface area (Å²) in [5.74, 6) is 0.677. The molecule has 0 bridgehead atoms. The van der Waals surface area contributed by atoms with Crippen molar-refractivity contribution in [1.29, 1.82) is 0 Å². The maximum absolute atomic E-state index is 12.2. The number of halogens is 1. The summed E-state index contributed by atoms with van der Waals surface area (Å²) in [6, 6.07) is 7.02. The first-order chi connectivity index (χ1) is 8.13. The zero-order valence-electron chi connectivity index (χ0n) is 9.49. The molecule has 0 radical (unpaired) electrons. The van der Waals surface area contributed by atoms with Crippen molar-refractivity contribution >= 4 is 21.7 Å². The Kier molecular flexibility index (Phi) is 3.33. The van der Waals surface area contributed by atoms with E-state index in [1.54, 1.807) is 25.3 Å². The van der Waals surface area contributed by atoms with Crippen LogP contribution in [0.3, 0.4) is 0 Å². The van der Waals surface area contributed by atoms with Crippen molar-refractivity contribution in [3.63, 3.8) is 0 Å². The first-order valence-electron chi connectivity index (χ1n) is 5.06. The summed E-state index contributed by atoms with van der Waals surface area (Å²) >= 11 is 3.20. The molecule has 2 aromatic rings. The average Bonchev–Trinajstić information content (AvgIpc) is 2.74. The van der Waals surface area contributed by atoms with Gasteiger partial charge in [0, 0.05) is 5.56 Å². The zero-order chi connectivity index (χ0) is 12.4. The fraction of sp³-hybridized carbons (Fsp3) is 0.154. The first-order valence-corrected chi connectivity index (χ1v) is 5.85. The molecule has 0 fully saturated rings. The molecule has 0 unspecified atom stereocenters. The number of carbonyl (C=O) groups excluding carboxylic acids is 1. The van der Waals surface area contributed by atoms with Crippen LogP contribution in [0.15, 0.2) is 39.6 Å². The number of hydrogen-bond donors (Lipinski definition) is 0. The quantitative estimate of drug-likeness (QED) is 0.812. The van der Waals surface area contributed by atoms with Crippen LogP contribution in [0.1, 0.15) is 21.5 Å². The highest BCUT2D eigenvalue weighted by Gasteiger charge is 2.16. The summed E-state index contributed by atoms with van der Waals surface area (Å²) in [4.78, 5) is 12.2. The third-order valence-corrected chi connectivity index (χ3v) is 3.15. The minimum atomic E-state index is -0.0641. The van der Waals surface area contributed by atoms with Gasteiger partial charge in [-0.05, 0) is 52.7 Å². The van der Waals surface area contributed by atoms with Crippen LogP contribution in [0, 0.1) is 6.92 Å². The molecule has 0 N–H and O–H groups in total. The molecule has 1 heterocycles. The molecule has 88 valence electrons. The molecular weight excluding hydrogens is 284 g/mol. The van der Waals surface area contributed by atoms with Crippen LogP contribution in [-0.2, 0) is 0 Å². The van der Waals surface area contributed by atoms with E-state index in [4.69, 9.17) is 9.15 Å². The van der Waals surface area contributed by atoms with Crippen LogP contribution in [0.5, 0.6) is 5.75 Å². The van der Waals surface area contributed by atoms with E-state index in [1.165, 1.54) is 6.26 Å². The summed E-state index contributed by atoms with van der Waals surface area (Å²) in [7, 11) is 1.60. The molecule has 2 rings (SSSR count). The first kappa shape index (κ1) is 11.9. The van der Waals surface area contributed by atoms with Crippen molar-refractivity contribution in [3.8, 4) is 5.75 Å². The average molecular weight is 295 g/mol. The molecule has 4 heteroatoms. The summed E-state index contributed by atoms with van der Waals surface area (Å²) < 4.78 is 10.6. The fourth-order valence-corrected chi connectivity index (χ4v) is 2.04. The van der Waals surface area contributed by atoms with Gasteiger partial charge < -0.3 is 9.15 Å². The molecule has 1 aromatic carbocycles. The lowest BCUT2D eigenvalue weighted by Crippen LogP contribution is -2.03. The largest absolute Gasteiger partial charge is 0.497 e. The molecule has 0 aliphatic heterocycles. The number of carbonyl (C=O) groups is 1.